The summed E-state index contributed by atoms with van der Waals surface area (Å²) in [6.07, 6.45) is -14.6. The van der Waals surface area contributed by atoms with Crippen molar-refractivity contribution in [1.29, 1.82) is 0 Å². The van der Waals surface area contributed by atoms with Gasteiger partial charge in [0.05, 0.1) is 46.2 Å². The van der Waals surface area contributed by atoms with Gasteiger partial charge in [-0.1, -0.05) is 81.5 Å². The molecular formula is C91H132O38. The van der Waals surface area contributed by atoms with Crippen LogP contribution in [0.25, 0.3) is 0 Å². The molecule has 6 rings (SSSR count). The highest BCUT2D eigenvalue weighted by Crippen LogP contribution is 2.39. The van der Waals surface area contributed by atoms with Gasteiger partial charge in [0.2, 0.25) is 0 Å². The second kappa shape index (κ2) is 54.6. The number of ether oxygens (including phenoxy) is 25. The van der Waals surface area contributed by atoms with Crippen molar-refractivity contribution in [2.45, 2.75) is 370 Å². The monoisotopic (exact) mass is 1830 g/mol. The summed E-state index contributed by atoms with van der Waals surface area (Å²) in [6, 6.07) is 0. The van der Waals surface area contributed by atoms with Gasteiger partial charge in [-0.15, -0.1) is 0 Å². The van der Waals surface area contributed by atoms with Gasteiger partial charge in [0.15, 0.2) is 117 Å². The zero-order chi connectivity index (χ0) is 95.5. The van der Waals surface area contributed by atoms with E-state index in [1.54, 1.807) is 0 Å². The molecule has 38 nitrogen and oxygen atoms in total. The molecule has 24 atom stereocenters. The Hall–Kier alpha value is -9.19. The van der Waals surface area contributed by atoms with Gasteiger partial charge >= 0.3 is 77.6 Å². The summed E-state index contributed by atoms with van der Waals surface area (Å²) in [6.45, 7) is 26.5. The molecule has 0 spiro atoms. The van der Waals surface area contributed by atoms with E-state index in [0.29, 0.717) is 6.42 Å². The minimum Gasteiger partial charge on any atom is -0.457 e. The van der Waals surface area contributed by atoms with Gasteiger partial charge in [-0.05, 0) is 132 Å². The van der Waals surface area contributed by atoms with E-state index < -0.39 is 265 Å². The predicted molar refractivity (Wildman–Crippen MR) is 448 cm³/mol. The molecule has 0 N–H and O–H groups in total. The molecule has 129 heavy (non-hydrogen) atoms. The standard InChI is InChI=1S/C91H132O38/c1-48(2)28-22-29-49(3)30-23-31-50(4)32-24-33-51(5)34-25-35-52(6)36-26-37-53(7)38-27-39-54(8)40-41-105-86-80(119-62(16)99)75(118-61(15)98)73(47-106-86)125-87-82(121-64(18)101)76(69(43-107-87)113-56(10)93)126-89-84(123-66(20)103)78(71(45-109-89)115-58(12)95)128-91-85(124-67(21)104)79(72(46-111-91)116-59(13)96)129-90-83(122-65(19)102)77(70(44-110-90)114-57(11)94)127-88-81(120-63(17)100)74(117-60(14)97)68(42-108-88)112-55(9)92/h28,30,32,34,36,38,40,68-91H,22-27,29,31,33,35,37,39,41-47H2,1-21H3/b49-30+,50-32+,51-34+,52-36+,53-38+,54-40+/t68-,69-,70-,71-,72-,73-,74+,75+,76+,77+,78+,79+,80-,81-,82-,83-,84-,85-,86-,87+,88+,89+,90+,91+/m1/s1. The van der Waals surface area contributed by atoms with Crippen LogP contribution in [0.4, 0.5) is 0 Å². The maximum absolute atomic E-state index is 13.6. The molecule has 0 aromatic heterocycles. The molecule has 38 heteroatoms. The summed E-state index contributed by atoms with van der Waals surface area (Å²) < 4.78 is 150. The molecule has 6 fully saturated rings. The fourth-order valence-electron chi connectivity index (χ4n) is 15.1. The first-order valence-electron chi connectivity index (χ1n) is 43.3. The first kappa shape index (κ1) is 109. The Bertz CT molecular complexity index is 4000. The van der Waals surface area contributed by atoms with Crippen molar-refractivity contribution < 1.29 is 181 Å². The lowest BCUT2D eigenvalue weighted by Crippen LogP contribution is -2.66. The summed E-state index contributed by atoms with van der Waals surface area (Å²) in [4.78, 5) is 170. The van der Waals surface area contributed by atoms with Crippen molar-refractivity contribution in [3.8, 4) is 0 Å². The zero-order valence-corrected chi connectivity index (χ0v) is 77.8. The molecule has 6 heterocycles. The molecule has 0 saturated carbocycles. The van der Waals surface area contributed by atoms with Crippen LogP contribution in [0.3, 0.4) is 0 Å². The molecule has 0 aliphatic carbocycles. The van der Waals surface area contributed by atoms with E-state index in [2.05, 4.69) is 84.9 Å². The van der Waals surface area contributed by atoms with E-state index in [1.807, 2.05) is 13.0 Å². The van der Waals surface area contributed by atoms with Crippen molar-refractivity contribution in [1.82, 2.24) is 0 Å². The Labute approximate surface area is 753 Å². The van der Waals surface area contributed by atoms with E-state index in [1.165, 1.54) is 33.4 Å². The van der Waals surface area contributed by atoms with Crippen molar-refractivity contribution in [3.05, 3.63) is 81.5 Å². The van der Waals surface area contributed by atoms with Gasteiger partial charge in [0.1, 0.15) is 30.5 Å². The lowest BCUT2D eigenvalue weighted by atomic mass is 9.99. The quantitative estimate of drug-likeness (QED) is 0.0311. The largest absolute Gasteiger partial charge is 0.457 e. The van der Waals surface area contributed by atoms with Crippen LogP contribution in [0, 0.1) is 0 Å². The Morgan fingerprint density at radius 3 is 0.620 bits per heavy atom. The normalized spacial score (nSPS) is 30.0. The molecule has 0 radical (unpaired) electrons. The number of carbonyl (C=O) groups is 13. The molecule has 0 unspecified atom stereocenters. The van der Waals surface area contributed by atoms with E-state index in [0.717, 1.165) is 166 Å². The molecule has 6 aliphatic heterocycles. The summed E-state index contributed by atoms with van der Waals surface area (Å²) in [5, 5.41) is 0. The second-order valence-corrected chi connectivity index (χ2v) is 32.8. The van der Waals surface area contributed by atoms with Gasteiger partial charge in [-0.25, -0.2) is 0 Å². The smallest absolute Gasteiger partial charge is 0.303 e. The maximum Gasteiger partial charge on any atom is 0.303 e. The highest BCUT2D eigenvalue weighted by atomic mass is 16.8. The van der Waals surface area contributed by atoms with Crippen molar-refractivity contribution >= 4 is 77.6 Å². The van der Waals surface area contributed by atoms with Crippen LogP contribution >= 0.6 is 0 Å². The third kappa shape index (κ3) is 37.9. The first-order valence-corrected chi connectivity index (χ1v) is 43.3. The fourth-order valence-corrected chi connectivity index (χ4v) is 15.1. The van der Waals surface area contributed by atoms with Gasteiger partial charge in [0.25, 0.3) is 0 Å². The van der Waals surface area contributed by atoms with Crippen LogP contribution in [-0.2, 0) is 181 Å². The Kier molecular flexibility index (Phi) is 45.9. The van der Waals surface area contributed by atoms with Crippen LogP contribution < -0.4 is 0 Å². The summed E-state index contributed by atoms with van der Waals surface area (Å²) in [5.41, 5.74) is 9.24. The average Bonchev–Trinajstić information content (AvgIpc) is 0.788. The third-order valence-corrected chi connectivity index (χ3v) is 20.7. The Balaban J connectivity index is 1.21. The number of carbonyl (C=O) groups excluding carboxylic acids is 13. The van der Waals surface area contributed by atoms with Gasteiger partial charge in [-0.2, -0.15) is 0 Å². The first-order chi connectivity index (χ1) is 60.9. The van der Waals surface area contributed by atoms with Crippen LogP contribution in [0.5, 0.6) is 0 Å². The number of rotatable bonds is 44. The van der Waals surface area contributed by atoms with Crippen LogP contribution in [0.2, 0.25) is 0 Å². The number of hydrogen-bond donors (Lipinski definition) is 0. The lowest BCUT2D eigenvalue weighted by molar-refractivity contribution is -0.375. The Morgan fingerprint density at radius 2 is 0.380 bits per heavy atom. The minimum atomic E-state index is -2.04. The van der Waals surface area contributed by atoms with Crippen molar-refractivity contribution in [3.63, 3.8) is 0 Å². The summed E-state index contributed by atoms with van der Waals surface area (Å²) in [5.74, 6) is -12.5. The highest BCUT2D eigenvalue weighted by molar-refractivity contribution is 5.71. The number of allylic oxidation sites excluding steroid dienone is 13. The molecule has 724 valence electrons. The predicted octanol–water partition coefficient (Wildman–Crippen LogP) is 9.50. The Morgan fingerprint density at radius 1 is 0.202 bits per heavy atom. The zero-order valence-electron chi connectivity index (χ0n) is 77.8. The maximum atomic E-state index is 13.6. The van der Waals surface area contributed by atoms with Crippen LogP contribution in [0.1, 0.15) is 222 Å². The SMILES string of the molecule is CC(=O)O[C@@H]1[C@@H](OC(C)=O)[C@H](O[C@@H]2[C@@H](OC(C)=O)[C@H](O[C@@H]3[C@@H](OC(C)=O)[C@H](O[C@@H]4[C@@H](OC(C)=O)[C@H](O[C@@H]5[C@@H](OC(C)=O)[C@H](O[C@@H]6CO[C@@H](OC/C=C(\C)CC/C=C(\C)CC/C=C(\C)CC/C=C(\C)CC/C=C(\C)CC/C=C(\C)CCC=C(C)C)[C@H](OC(C)=O)[C@H]6OC(C)=O)OC[C@H]5OC(C)=O)OC[C@H]4OC(C)=O)OC[C@H]3OC(C)=O)OC[C@H]2OC(C)=O)OC[C@H]1OC(C)=O. The molecule has 0 aromatic rings. The summed E-state index contributed by atoms with van der Waals surface area (Å²) in [7, 11) is 0. The molecule has 6 saturated heterocycles. The second-order valence-electron chi connectivity index (χ2n) is 32.8. The molecule has 0 aromatic carbocycles. The lowest BCUT2D eigenvalue weighted by Gasteiger charge is -2.49. The van der Waals surface area contributed by atoms with E-state index in [-0.39, 0.29) is 6.61 Å². The van der Waals surface area contributed by atoms with Crippen molar-refractivity contribution in [2.75, 3.05) is 46.2 Å². The fraction of sp³-hybridized carbons (Fsp3) is 0.703. The van der Waals surface area contributed by atoms with Gasteiger partial charge in [0, 0.05) is 90.0 Å². The highest BCUT2D eigenvalue weighted by Gasteiger charge is 2.60. The number of hydrogen-bond acceptors (Lipinski definition) is 38. The molecular weight excluding hydrogens is 1700 g/mol. The average molecular weight is 1830 g/mol. The molecule has 6 aliphatic rings. The van der Waals surface area contributed by atoms with Gasteiger partial charge < -0.3 is 118 Å². The van der Waals surface area contributed by atoms with Crippen LogP contribution in [-0.4, -0.2) is 271 Å². The summed E-state index contributed by atoms with van der Waals surface area (Å²) >= 11 is 0. The van der Waals surface area contributed by atoms with E-state index in [9.17, 15) is 62.3 Å². The molecule has 0 amide bonds. The molecule has 0 bridgehead atoms. The van der Waals surface area contributed by atoms with Crippen molar-refractivity contribution in [2.24, 2.45) is 0 Å². The van der Waals surface area contributed by atoms with Gasteiger partial charge in [-0.3, -0.25) is 62.3 Å². The third-order valence-electron chi connectivity index (χ3n) is 20.7. The van der Waals surface area contributed by atoms with E-state index in [4.69, 9.17) is 118 Å². The minimum absolute atomic E-state index is 0.0449. The van der Waals surface area contributed by atoms with E-state index >= 15 is 0 Å². The number of esters is 13. The van der Waals surface area contributed by atoms with Crippen LogP contribution in [0.15, 0.2) is 81.5 Å². The topological polar surface area (TPSA) is 453 Å².